The van der Waals surface area contributed by atoms with Gasteiger partial charge in [0.25, 0.3) is 5.91 Å². The zero-order valence-electron chi connectivity index (χ0n) is 23.5. The number of anilines is 1. The van der Waals surface area contributed by atoms with Gasteiger partial charge in [-0.1, -0.05) is 49.6 Å². The Morgan fingerprint density at radius 2 is 1.66 bits per heavy atom. The fourth-order valence-corrected chi connectivity index (χ4v) is 9.04. The minimum atomic E-state index is -3.65. The molecule has 41 heavy (non-hydrogen) atoms. The topological polar surface area (TPSA) is 96.0 Å². The van der Waals surface area contributed by atoms with E-state index in [4.69, 9.17) is 4.74 Å². The quantitative estimate of drug-likeness (QED) is 0.573. The van der Waals surface area contributed by atoms with Crippen LogP contribution in [0.1, 0.15) is 84.0 Å². The Morgan fingerprint density at radius 3 is 2.41 bits per heavy atom. The zero-order valence-corrected chi connectivity index (χ0v) is 24.3. The molecule has 3 fully saturated rings. The maximum atomic E-state index is 13.9. The number of nitrogens with zero attached hydrogens (tertiary/aromatic N) is 2. The zero-order chi connectivity index (χ0) is 28.1. The summed E-state index contributed by atoms with van der Waals surface area (Å²) in [5.41, 5.74) is 5.05. The first-order valence-electron chi connectivity index (χ1n) is 15.3. The summed E-state index contributed by atoms with van der Waals surface area (Å²) in [7, 11) is -3.65. The number of hydrogen-bond acceptors (Lipinski definition) is 6. The third kappa shape index (κ3) is 5.05. The van der Waals surface area contributed by atoms with E-state index in [1.165, 1.54) is 48.8 Å². The van der Waals surface area contributed by atoms with E-state index < -0.39 is 21.2 Å². The number of carbonyl (C=O) groups is 2. The van der Waals surface area contributed by atoms with E-state index in [2.05, 4.69) is 40.0 Å². The lowest BCUT2D eigenvalue weighted by molar-refractivity contribution is -0.139. The molecule has 2 amide bonds. The molecule has 2 saturated carbocycles. The molecule has 7 rings (SSSR count). The van der Waals surface area contributed by atoms with Gasteiger partial charge in [0, 0.05) is 36.8 Å². The average molecular weight is 578 g/mol. The SMILES string of the molecule is O=C(NS(=O)(=O)C1CC1)c1ccc2c(c1)N1CC(C(=O)N3CCOCC3)Cc3ccccc3C1C2C1CCCCC1. The molecule has 1 saturated heterocycles. The summed E-state index contributed by atoms with van der Waals surface area (Å²) in [5.74, 6) is 0.150. The van der Waals surface area contributed by atoms with Gasteiger partial charge in [0.15, 0.2) is 0 Å². The molecular weight excluding hydrogens is 538 g/mol. The minimum absolute atomic E-state index is 0.0836. The van der Waals surface area contributed by atoms with Crippen LogP contribution in [0.5, 0.6) is 0 Å². The molecule has 3 aliphatic heterocycles. The van der Waals surface area contributed by atoms with Gasteiger partial charge in [-0.3, -0.25) is 9.59 Å². The molecule has 218 valence electrons. The van der Waals surface area contributed by atoms with Crippen molar-refractivity contribution in [2.45, 2.75) is 68.6 Å². The number of rotatable bonds is 5. The van der Waals surface area contributed by atoms with Crippen LogP contribution in [0.2, 0.25) is 0 Å². The molecule has 0 bridgehead atoms. The van der Waals surface area contributed by atoms with E-state index in [1.807, 2.05) is 11.0 Å². The molecule has 3 atom stereocenters. The van der Waals surface area contributed by atoms with Crippen molar-refractivity contribution in [3.05, 3.63) is 64.7 Å². The molecule has 5 aliphatic rings. The molecule has 2 aliphatic carbocycles. The Hall–Kier alpha value is -2.91. The summed E-state index contributed by atoms with van der Waals surface area (Å²) >= 11 is 0. The maximum Gasteiger partial charge on any atom is 0.264 e. The Morgan fingerprint density at radius 1 is 0.902 bits per heavy atom. The van der Waals surface area contributed by atoms with Gasteiger partial charge in [-0.25, -0.2) is 13.1 Å². The average Bonchev–Trinajstić information content (AvgIpc) is 3.83. The predicted octanol–water partition coefficient (Wildman–Crippen LogP) is 4.16. The lowest BCUT2D eigenvalue weighted by Crippen LogP contribution is -2.46. The first kappa shape index (κ1) is 27.0. The van der Waals surface area contributed by atoms with Crippen LogP contribution in [0.15, 0.2) is 42.5 Å². The van der Waals surface area contributed by atoms with Crippen molar-refractivity contribution in [1.29, 1.82) is 0 Å². The Labute approximate surface area is 242 Å². The van der Waals surface area contributed by atoms with Crippen LogP contribution in [-0.4, -0.2) is 63.2 Å². The number of benzene rings is 2. The Balaban J connectivity index is 1.30. The van der Waals surface area contributed by atoms with Crippen molar-refractivity contribution in [3.63, 3.8) is 0 Å². The van der Waals surface area contributed by atoms with E-state index in [9.17, 15) is 18.0 Å². The van der Waals surface area contributed by atoms with Crippen molar-refractivity contribution < 1.29 is 22.7 Å². The molecule has 3 unspecified atom stereocenters. The van der Waals surface area contributed by atoms with Gasteiger partial charge < -0.3 is 14.5 Å². The van der Waals surface area contributed by atoms with E-state index in [0.29, 0.717) is 63.6 Å². The Kier molecular flexibility index (Phi) is 7.06. The van der Waals surface area contributed by atoms with Crippen LogP contribution >= 0.6 is 0 Å². The molecule has 2 aromatic carbocycles. The van der Waals surface area contributed by atoms with Gasteiger partial charge in [0.1, 0.15) is 0 Å². The van der Waals surface area contributed by atoms with Gasteiger partial charge in [-0.15, -0.1) is 0 Å². The maximum absolute atomic E-state index is 13.9. The smallest absolute Gasteiger partial charge is 0.264 e. The lowest BCUT2D eigenvalue weighted by Gasteiger charge is -2.36. The normalized spacial score (nSPS) is 26.5. The van der Waals surface area contributed by atoms with Crippen LogP contribution in [0, 0.1) is 11.8 Å². The molecule has 1 N–H and O–H groups in total. The summed E-state index contributed by atoms with van der Waals surface area (Å²) in [6.07, 6.45) is 7.96. The molecule has 0 radical (unpaired) electrons. The third-order valence-electron chi connectivity index (χ3n) is 9.92. The molecular formula is C32H39N3O5S. The first-order chi connectivity index (χ1) is 19.9. The second-order valence-corrected chi connectivity index (χ2v) is 14.5. The summed E-state index contributed by atoms with van der Waals surface area (Å²) in [6.45, 7) is 2.92. The Bertz CT molecular complexity index is 1440. The van der Waals surface area contributed by atoms with E-state index in [1.54, 1.807) is 6.07 Å². The fourth-order valence-electron chi connectivity index (χ4n) is 7.74. The largest absolute Gasteiger partial charge is 0.378 e. The summed E-state index contributed by atoms with van der Waals surface area (Å²) in [6, 6.07) is 14.4. The number of ether oxygens (including phenoxy) is 1. The van der Waals surface area contributed by atoms with Crippen LogP contribution in [0.4, 0.5) is 5.69 Å². The number of carbonyl (C=O) groups excluding carboxylic acids is 2. The minimum Gasteiger partial charge on any atom is -0.378 e. The van der Waals surface area contributed by atoms with Gasteiger partial charge in [0.2, 0.25) is 15.9 Å². The van der Waals surface area contributed by atoms with Crippen molar-refractivity contribution >= 4 is 27.5 Å². The number of amides is 2. The highest BCUT2D eigenvalue weighted by Gasteiger charge is 2.47. The van der Waals surface area contributed by atoms with Crippen LogP contribution < -0.4 is 9.62 Å². The van der Waals surface area contributed by atoms with Crippen molar-refractivity contribution in [1.82, 2.24) is 9.62 Å². The highest BCUT2D eigenvalue weighted by Crippen LogP contribution is 2.57. The molecule has 0 spiro atoms. The van der Waals surface area contributed by atoms with E-state index in [-0.39, 0.29) is 23.8 Å². The number of hydrogen-bond donors (Lipinski definition) is 1. The van der Waals surface area contributed by atoms with Gasteiger partial charge in [-0.05, 0) is 66.8 Å². The fraction of sp³-hybridized carbons (Fsp3) is 0.562. The summed E-state index contributed by atoms with van der Waals surface area (Å²) in [4.78, 5) is 31.4. The van der Waals surface area contributed by atoms with Gasteiger partial charge in [-0.2, -0.15) is 0 Å². The van der Waals surface area contributed by atoms with E-state index in [0.717, 1.165) is 5.69 Å². The number of sulfonamides is 1. The molecule has 3 heterocycles. The van der Waals surface area contributed by atoms with Gasteiger partial charge >= 0.3 is 0 Å². The van der Waals surface area contributed by atoms with Crippen LogP contribution in [-0.2, 0) is 26.0 Å². The number of nitrogens with one attached hydrogen (secondary N) is 1. The lowest BCUT2D eigenvalue weighted by atomic mass is 9.73. The second-order valence-electron chi connectivity index (χ2n) is 12.5. The predicted molar refractivity (Wildman–Crippen MR) is 156 cm³/mol. The number of fused-ring (bicyclic) bond motifs is 5. The summed E-state index contributed by atoms with van der Waals surface area (Å²) in [5, 5.41) is -0.463. The van der Waals surface area contributed by atoms with Crippen molar-refractivity contribution in [3.8, 4) is 0 Å². The van der Waals surface area contributed by atoms with Crippen molar-refractivity contribution in [2.24, 2.45) is 11.8 Å². The highest BCUT2D eigenvalue weighted by atomic mass is 32.2. The van der Waals surface area contributed by atoms with Crippen LogP contribution in [0.25, 0.3) is 0 Å². The molecule has 2 aromatic rings. The monoisotopic (exact) mass is 577 g/mol. The summed E-state index contributed by atoms with van der Waals surface area (Å²) < 4.78 is 32.9. The van der Waals surface area contributed by atoms with Crippen LogP contribution in [0.3, 0.4) is 0 Å². The first-order valence-corrected chi connectivity index (χ1v) is 16.9. The second kappa shape index (κ2) is 10.7. The third-order valence-corrected chi connectivity index (χ3v) is 11.7. The molecule has 0 aromatic heterocycles. The van der Waals surface area contributed by atoms with E-state index >= 15 is 0 Å². The van der Waals surface area contributed by atoms with Gasteiger partial charge in [0.05, 0.1) is 30.4 Å². The number of morpholine rings is 1. The van der Waals surface area contributed by atoms with Crippen molar-refractivity contribution in [2.75, 3.05) is 37.7 Å². The highest BCUT2D eigenvalue weighted by molar-refractivity contribution is 7.91. The molecule has 8 nitrogen and oxygen atoms in total. The standard InChI is InChI=1S/C32H39N3O5S/c36-31(33-41(38,39)25-11-12-25)23-10-13-27-28(19-23)35-20-24(32(37)34-14-16-40-17-15-34)18-22-8-4-5-9-26(22)30(35)29(27)21-6-2-1-3-7-21/h4-5,8-10,13,19,21,24-25,29-30H,1-3,6-7,11-12,14-18,20H2,(H,33,36). The molecule has 9 heteroatoms.